The highest BCUT2D eigenvalue weighted by molar-refractivity contribution is 6.31. The molecule has 0 spiro atoms. The smallest absolute Gasteiger partial charge is 0.159 e. The van der Waals surface area contributed by atoms with Gasteiger partial charge in [-0.1, -0.05) is 24.1 Å². The lowest BCUT2D eigenvalue weighted by atomic mass is 10.0. The highest BCUT2D eigenvalue weighted by Gasteiger charge is 2.52. The molecule has 5 rings (SSSR count). The molecule has 0 amide bonds. The summed E-state index contributed by atoms with van der Waals surface area (Å²) in [4.78, 5) is 23.6. The van der Waals surface area contributed by atoms with Crippen LogP contribution >= 0.6 is 11.6 Å². The van der Waals surface area contributed by atoms with Crippen LogP contribution in [0.1, 0.15) is 24.8 Å². The van der Waals surface area contributed by atoms with Gasteiger partial charge in [0.15, 0.2) is 5.78 Å². The lowest BCUT2D eigenvalue weighted by Crippen LogP contribution is -2.11. The van der Waals surface area contributed by atoms with Crippen LogP contribution in [0.2, 0.25) is 5.02 Å². The fourth-order valence-electron chi connectivity index (χ4n) is 5.26. The largest absolute Gasteiger partial charge is 0.493 e. The van der Waals surface area contributed by atoms with Crippen molar-refractivity contribution in [3.05, 3.63) is 65.2 Å². The van der Waals surface area contributed by atoms with E-state index in [1.165, 1.54) is 37.7 Å². The van der Waals surface area contributed by atoms with Crippen molar-refractivity contribution >= 4 is 39.8 Å². The van der Waals surface area contributed by atoms with Crippen LogP contribution in [0.25, 0.3) is 10.9 Å². The third-order valence-corrected chi connectivity index (χ3v) is 7.44. The molecule has 1 heterocycles. The lowest BCUT2D eigenvalue weighted by molar-refractivity contribution is -0.114. The number of ketones is 1. The fourth-order valence-corrected chi connectivity index (χ4v) is 5.44. The minimum atomic E-state index is -0.487. The number of rotatable bonds is 10. The normalized spacial score (nSPS) is 20.8. The van der Waals surface area contributed by atoms with Crippen molar-refractivity contribution in [1.82, 2.24) is 14.9 Å². The van der Waals surface area contributed by atoms with E-state index in [0.29, 0.717) is 41.8 Å². The number of fused-ring (bicyclic) bond motifs is 2. The van der Waals surface area contributed by atoms with Gasteiger partial charge in [-0.05, 0) is 75.0 Å². The van der Waals surface area contributed by atoms with Crippen LogP contribution < -0.4 is 10.1 Å². The second-order valence-corrected chi connectivity index (χ2v) is 10.4. The molecule has 3 aromatic rings. The number of nitrogens with zero attached hydrogens (tertiary/aromatic N) is 3. The highest BCUT2D eigenvalue weighted by Crippen LogP contribution is 2.57. The van der Waals surface area contributed by atoms with E-state index in [4.69, 9.17) is 16.3 Å². The van der Waals surface area contributed by atoms with Crippen LogP contribution in [0.15, 0.2) is 48.8 Å². The summed E-state index contributed by atoms with van der Waals surface area (Å²) in [6.45, 7) is 1.36. The van der Waals surface area contributed by atoms with Crippen LogP contribution in [0.4, 0.5) is 15.9 Å². The summed E-state index contributed by atoms with van der Waals surface area (Å²) in [6.07, 6.45) is 9.10. The number of benzene rings is 2. The van der Waals surface area contributed by atoms with E-state index in [-0.39, 0.29) is 17.2 Å². The zero-order valence-electron chi connectivity index (χ0n) is 20.5. The monoisotopic (exact) mass is 508 g/mol. The molecule has 2 saturated carbocycles. The molecule has 2 aromatic carbocycles. The number of hydrogen-bond donors (Lipinski definition) is 1. The quantitative estimate of drug-likeness (QED) is 0.348. The minimum Gasteiger partial charge on any atom is -0.493 e. The fraction of sp³-hybridized carbons (Fsp3) is 0.393. The van der Waals surface area contributed by atoms with Crippen molar-refractivity contribution in [2.24, 2.45) is 17.8 Å². The van der Waals surface area contributed by atoms with Crippen molar-refractivity contribution in [3.63, 3.8) is 0 Å². The number of aromatic nitrogens is 2. The maximum absolute atomic E-state index is 13.6. The number of carbonyl (C=O) groups is 1. The van der Waals surface area contributed by atoms with Gasteiger partial charge in [0.05, 0.1) is 17.1 Å². The number of hydrogen-bond acceptors (Lipinski definition) is 6. The second-order valence-electron chi connectivity index (χ2n) is 9.99. The topological polar surface area (TPSA) is 67.4 Å². The van der Waals surface area contributed by atoms with Crippen LogP contribution in [-0.4, -0.2) is 47.9 Å². The molecule has 0 radical (unpaired) electrons. The third-order valence-electron chi connectivity index (χ3n) is 7.15. The van der Waals surface area contributed by atoms with E-state index in [1.54, 1.807) is 12.1 Å². The van der Waals surface area contributed by atoms with E-state index in [0.717, 1.165) is 22.8 Å². The van der Waals surface area contributed by atoms with Gasteiger partial charge in [0.25, 0.3) is 0 Å². The number of nitrogens with one attached hydrogen (secondary N) is 1. The molecule has 2 aliphatic rings. The van der Waals surface area contributed by atoms with Crippen LogP contribution in [0, 0.1) is 23.6 Å². The van der Waals surface area contributed by atoms with E-state index >= 15 is 0 Å². The first kappa shape index (κ1) is 24.7. The Hall–Kier alpha value is -3.03. The van der Waals surface area contributed by atoms with Gasteiger partial charge in [-0.25, -0.2) is 14.4 Å². The maximum Gasteiger partial charge on any atom is 0.159 e. The Morgan fingerprint density at radius 1 is 1.22 bits per heavy atom. The van der Waals surface area contributed by atoms with E-state index in [1.807, 2.05) is 37.2 Å². The Morgan fingerprint density at radius 3 is 2.78 bits per heavy atom. The van der Waals surface area contributed by atoms with Gasteiger partial charge in [-0.2, -0.15) is 0 Å². The van der Waals surface area contributed by atoms with Gasteiger partial charge >= 0.3 is 0 Å². The lowest BCUT2D eigenvalue weighted by Gasteiger charge is -2.15. The number of likely N-dealkylation sites (N-methyl/N-ethyl adjacent to an activating group) is 1. The number of allylic oxidation sites excluding steroid dienone is 1. The molecule has 6 nitrogen and oxygen atoms in total. The summed E-state index contributed by atoms with van der Waals surface area (Å²) in [5.41, 5.74) is 2.10. The average Bonchev–Trinajstić information content (AvgIpc) is 3.26. The molecule has 2 fully saturated rings. The zero-order valence-corrected chi connectivity index (χ0v) is 21.3. The third kappa shape index (κ3) is 5.52. The second kappa shape index (κ2) is 10.5. The zero-order chi connectivity index (χ0) is 25.2. The van der Waals surface area contributed by atoms with Crippen molar-refractivity contribution < 1.29 is 13.9 Å². The standard InChI is InChI=1S/C28H30ClFN4O2/c1-34(2)10-4-5-19(35)11-17-12-22-26(14-27(17)36-15-23-20-6-3-7-21(20)23)31-16-32-28(22)33-18-8-9-25(30)24(29)13-18/h4-5,8-9,12-14,16,20-21,23H,3,6-7,10-11,15H2,1-2H3,(H,31,32,33)/b5-4+. The first-order valence-electron chi connectivity index (χ1n) is 12.4. The molecule has 2 atom stereocenters. The average molecular weight is 509 g/mol. The molecular formula is C28H30ClFN4O2. The summed E-state index contributed by atoms with van der Waals surface area (Å²) in [7, 11) is 3.92. The van der Waals surface area contributed by atoms with Crippen molar-refractivity contribution in [1.29, 1.82) is 0 Å². The summed E-state index contributed by atoms with van der Waals surface area (Å²) < 4.78 is 19.9. The maximum atomic E-state index is 13.6. The van der Waals surface area contributed by atoms with Crippen molar-refractivity contribution in [3.8, 4) is 5.75 Å². The molecule has 8 heteroatoms. The molecule has 0 saturated heterocycles. The predicted molar refractivity (Wildman–Crippen MR) is 140 cm³/mol. The highest BCUT2D eigenvalue weighted by atomic mass is 35.5. The number of halogens is 2. The Kier molecular flexibility index (Phi) is 7.21. The summed E-state index contributed by atoms with van der Waals surface area (Å²) in [6, 6.07) is 8.22. The molecular weight excluding hydrogens is 479 g/mol. The first-order valence-corrected chi connectivity index (χ1v) is 12.7. The van der Waals surface area contributed by atoms with Gasteiger partial charge < -0.3 is 15.0 Å². The Labute approximate surface area is 215 Å². The van der Waals surface area contributed by atoms with Crippen LogP contribution in [-0.2, 0) is 11.2 Å². The predicted octanol–water partition coefficient (Wildman–Crippen LogP) is 5.82. The summed E-state index contributed by atoms with van der Waals surface area (Å²) in [5.74, 6) is 2.96. The molecule has 2 unspecified atom stereocenters. The van der Waals surface area contributed by atoms with Crippen molar-refractivity contribution in [2.75, 3.05) is 32.6 Å². The minimum absolute atomic E-state index is 0.000941. The number of anilines is 2. The molecule has 188 valence electrons. The number of carbonyl (C=O) groups excluding carboxylic acids is 1. The van der Waals surface area contributed by atoms with Gasteiger partial charge in [0.1, 0.15) is 23.7 Å². The molecule has 0 aliphatic heterocycles. The van der Waals surface area contributed by atoms with Gasteiger partial charge in [-0.15, -0.1) is 0 Å². The first-order chi connectivity index (χ1) is 17.4. The Balaban J connectivity index is 1.43. The van der Waals surface area contributed by atoms with E-state index in [2.05, 4.69) is 15.3 Å². The molecule has 36 heavy (non-hydrogen) atoms. The number of ether oxygens (including phenoxy) is 1. The molecule has 1 N–H and O–H groups in total. The summed E-state index contributed by atoms with van der Waals surface area (Å²) in [5, 5.41) is 3.97. The van der Waals surface area contributed by atoms with E-state index < -0.39 is 5.82 Å². The molecule has 1 aromatic heterocycles. The Bertz CT molecular complexity index is 1300. The van der Waals surface area contributed by atoms with Crippen LogP contribution in [0.5, 0.6) is 5.75 Å². The SMILES string of the molecule is CN(C)C/C=C/C(=O)Cc1cc2c(Nc3ccc(F)c(Cl)c3)ncnc2cc1OCC1C2CCCC21. The van der Waals surface area contributed by atoms with Crippen LogP contribution in [0.3, 0.4) is 0 Å². The van der Waals surface area contributed by atoms with Gasteiger partial charge in [0, 0.05) is 35.7 Å². The summed E-state index contributed by atoms with van der Waals surface area (Å²) >= 11 is 5.95. The van der Waals surface area contributed by atoms with Gasteiger partial charge in [-0.3, -0.25) is 4.79 Å². The molecule has 2 aliphatic carbocycles. The van der Waals surface area contributed by atoms with Crippen molar-refractivity contribution in [2.45, 2.75) is 25.7 Å². The molecule has 0 bridgehead atoms. The van der Waals surface area contributed by atoms with Gasteiger partial charge in [0.2, 0.25) is 0 Å². The Morgan fingerprint density at radius 2 is 2.03 bits per heavy atom. The van der Waals surface area contributed by atoms with E-state index in [9.17, 15) is 9.18 Å².